The maximum Gasteiger partial charge on any atom is 0.0302 e. The van der Waals surface area contributed by atoms with Gasteiger partial charge in [0.2, 0.25) is 0 Å². The third-order valence-electron chi connectivity index (χ3n) is 2.00. The lowest BCUT2D eigenvalue weighted by Gasteiger charge is -2.36. The minimum atomic E-state index is 0.716. The predicted molar refractivity (Wildman–Crippen MR) is 47.2 cm³/mol. The van der Waals surface area contributed by atoms with Gasteiger partial charge in [0.05, 0.1) is 0 Å². The summed E-state index contributed by atoms with van der Waals surface area (Å²) in [6.45, 7) is 5.91. The zero-order valence-corrected chi connectivity index (χ0v) is 7.82. The molecule has 1 fully saturated rings. The van der Waals surface area contributed by atoms with E-state index in [0.717, 1.165) is 0 Å². The van der Waals surface area contributed by atoms with Gasteiger partial charge in [-0.2, -0.15) is 0 Å². The molecule has 0 spiro atoms. The van der Waals surface area contributed by atoms with Crippen LogP contribution in [0, 0.1) is 0 Å². The summed E-state index contributed by atoms with van der Waals surface area (Å²) in [5.74, 6) is 0. The molecule has 0 aliphatic carbocycles. The molecule has 0 radical (unpaired) electrons. The summed E-state index contributed by atoms with van der Waals surface area (Å²) in [5, 5.41) is 0. The van der Waals surface area contributed by atoms with Crippen LogP contribution in [0.15, 0.2) is 0 Å². The van der Waals surface area contributed by atoms with Crippen LogP contribution in [0.4, 0.5) is 0 Å². The Morgan fingerprint density at radius 2 is 2.10 bits per heavy atom. The van der Waals surface area contributed by atoms with Crippen molar-refractivity contribution in [1.82, 2.24) is 9.21 Å². The summed E-state index contributed by atoms with van der Waals surface area (Å²) in [6.07, 6.45) is 2.15. The quantitative estimate of drug-likeness (QED) is 0.526. The van der Waals surface area contributed by atoms with Gasteiger partial charge in [-0.15, -0.1) is 0 Å². The molecule has 0 aromatic carbocycles. The molecule has 2 nitrogen and oxygen atoms in total. The van der Waals surface area contributed by atoms with Crippen molar-refractivity contribution < 1.29 is 0 Å². The first-order valence-corrected chi connectivity index (χ1v) is 4.91. The third kappa shape index (κ3) is 1.87. The standard InChI is InChI=1S/C7H16N2S/c1-7-6-8(2)4-5-9(7)10-3/h7H,4-6H2,1-3H3. The highest BCUT2D eigenvalue weighted by atomic mass is 32.2. The van der Waals surface area contributed by atoms with E-state index in [0.29, 0.717) is 6.04 Å². The molecule has 1 rings (SSSR count). The minimum absolute atomic E-state index is 0.716. The van der Waals surface area contributed by atoms with Crippen molar-refractivity contribution in [3.8, 4) is 0 Å². The van der Waals surface area contributed by atoms with Crippen molar-refractivity contribution in [3.63, 3.8) is 0 Å². The first-order chi connectivity index (χ1) is 4.74. The van der Waals surface area contributed by atoms with Gasteiger partial charge in [-0.1, -0.05) is 11.9 Å². The largest absolute Gasteiger partial charge is 0.303 e. The highest BCUT2D eigenvalue weighted by molar-refractivity contribution is 7.96. The Morgan fingerprint density at radius 3 is 2.60 bits per heavy atom. The van der Waals surface area contributed by atoms with Gasteiger partial charge in [-0.05, 0) is 20.2 Å². The van der Waals surface area contributed by atoms with Crippen LogP contribution in [0.5, 0.6) is 0 Å². The van der Waals surface area contributed by atoms with E-state index < -0.39 is 0 Å². The number of hydrogen-bond donors (Lipinski definition) is 0. The van der Waals surface area contributed by atoms with Gasteiger partial charge < -0.3 is 4.90 Å². The zero-order valence-electron chi connectivity index (χ0n) is 7.00. The molecule has 3 heteroatoms. The molecule has 1 aliphatic rings. The average Bonchev–Trinajstić information content (AvgIpc) is 1.88. The SMILES string of the molecule is CSN1CCN(C)CC1C. The van der Waals surface area contributed by atoms with Crippen LogP contribution in [0.2, 0.25) is 0 Å². The van der Waals surface area contributed by atoms with Crippen molar-refractivity contribution in [1.29, 1.82) is 0 Å². The van der Waals surface area contributed by atoms with Gasteiger partial charge in [0.15, 0.2) is 0 Å². The van der Waals surface area contributed by atoms with Crippen LogP contribution in [0.3, 0.4) is 0 Å². The first kappa shape index (κ1) is 8.37. The van der Waals surface area contributed by atoms with Crippen molar-refractivity contribution in [2.45, 2.75) is 13.0 Å². The number of hydrogen-bond acceptors (Lipinski definition) is 3. The maximum atomic E-state index is 2.44. The summed E-state index contributed by atoms with van der Waals surface area (Å²) in [7, 11) is 2.19. The summed E-state index contributed by atoms with van der Waals surface area (Å²) in [5.41, 5.74) is 0. The summed E-state index contributed by atoms with van der Waals surface area (Å²) < 4.78 is 2.44. The van der Waals surface area contributed by atoms with E-state index in [-0.39, 0.29) is 0 Å². The monoisotopic (exact) mass is 160 g/mol. The van der Waals surface area contributed by atoms with Crippen molar-refractivity contribution in [2.24, 2.45) is 0 Å². The molecule has 0 saturated carbocycles. The molecule has 10 heavy (non-hydrogen) atoms. The van der Waals surface area contributed by atoms with Gasteiger partial charge in [0, 0.05) is 25.7 Å². The lowest BCUT2D eigenvalue weighted by Crippen LogP contribution is -2.46. The molecule has 1 aliphatic heterocycles. The van der Waals surface area contributed by atoms with Crippen LogP contribution < -0.4 is 0 Å². The van der Waals surface area contributed by atoms with E-state index in [1.165, 1.54) is 19.6 Å². The van der Waals surface area contributed by atoms with E-state index in [1.54, 1.807) is 0 Å². The number of nitrogens with zero attached hydrogens (tertiary/aromatic N) is 2. The fourth-order valence-corrected chi connectivity index (χ4v) is 2.09. The van der Waals surface area contributed by atoms with Gasteiger partial charge in [0.25, 0.3) is 0 Å². The average molecular weight is 160 g/mol. The molecule has 1 unspecified atom stereocenters. The summed E-state index contributed by atoms with van der Waals surface area (Å²) >= 11 is 1.86. The molecule has 1 atom stereocenters. The molecule has 1 saturated heterocycles. The normalized spacial score (nSPS) is 30.9. The lowest BCUT2D eigenvalue weighted by atomic mass is 10.2. The lowest BCUT2D eigenvalue weighted by molar-refractivity contribution is 0.181. The fourth-order valence-electron chi connectivity index (χ4n) is 1.39. The van der Waals surface area contributed by atoms with Crippen molar-refractivity contribution in [3.05, 3.63) is 0 Å². The Bertz CT molecular complexity index is 108. The molecule has 0 aromatic rings. The molecule has 0 aromatic heterocycles. The Morgan fingerprint density at radius 1 is 1.40 bits per heavy atom. The first-order valence-electron chi connectivity index (χ1n) is 3.73. The van der Waals surface area contributed by atoms with Crippen LogP contribution in [-0.4, -0.2) is 48.2 Å². The van der Waals surface area contributed by atoms with E-state index in [9.17, 15) is 0 Å². The van der Waals surface area contributed by atoms with Crippen LogP contribution >= 0.6 is 11.9 Å². The molecular formula is C7H16N2S. The Balaban J connectivity index is 2.36. The van der Waals surface area contributed by atoms with Gasteiger partial charge in [0.1, 0.15) is 0 Å². The molecule has 60 valence electrons. The van der Waals surface area contributed by atoms with Crippen LogP contribution in [0.25, 0.3) is 0 Å². The van der Waals surface area contributed by atoms with Crippen molar-refractivity contribution >= 4 is 11.9 Å². The van der Waals surface area contributed by atoms with Gasteiger partial charge in [-0.3, -0.25) is 0 Å². The molecule has 1 heterocycles. The minimum Gasteiger partial charge on any atom is -0.303 e. The van der Waals surface area contributed by atoms with Crippen molar-refractivity contribution in [2.75, 3.05) is 32.9 Å². The third-order valence-corrected chi connectivity index (χ3v) is 3.02. The smallest absolute Gasteiger partial charge is 0.0302 e. The van der Waals surface area contributed by atoms with Gasteiger partial charge in [-0.25, -0.2) is 4.31 Å². The zero-order chi connectivity index (χ0) is 7.56. The number of piperazine rings is 1. The second-order valence-corrected chi connectivity index (χ2v) is 3.77. The molecule has 0 bridgehead atoms. The predicted octanol–water partition coefficient (Wildman–Crippen LogP) is 0.900. The van der Waals surface area contributed by atoms with E-state index >= 15 is 0 Å². The van der Waals surface area contributed by atoms with Gasteiger partial charge >= 0.3 is 0 Å². The Kier molecular flexibility index (Phi) is 3.01. The van der Waals surface area contributed by atoms with E-state index in [1.807, 2.05) is 11.9 Å². The fraction of sp³-hybridized carbons (Fsp3) is 1.00. The molecule has 0 amide bonds. The van der Waals surface area contributed by atoms with Crippen LogP contribution in [-0.2, 0) is 0 Å². The molecule has 0 N–H and O–H groups in total. The second kappa shape index (κ2) is 3.60. The number of rotatable bonds is 1. The summed E-state index contributed by atoms with van der Waals surface area (Å²) in [4.78, 5) is 2.39. The molecular weight excluding hydrogens is 144 g/mol. The van der Waals surface area contributed by atoms with E-state index in [2.05, 4.69) is 29.4 Å². The number of likely N-dealkylation sites (N-methyl/N-ethyl adjacent to an activating group) is 1. The maximum absolute atomic E-state index is 2.44. The highest BCUT2D eigenvalue weighted by Gasteiger charge is 2.19. The second-order valence-electron chi connectivity index (χ2n) is 2.93. The summed E-state index contributed by atoms with van der Waals surface area (Å²) in [6, 6.07) is 0.716. The Labute approximate surface area is 67.7 Å². The van der Waals surface area contributed by atoms with Crippen LogP contribution in [0.1, 0.15) is 6.92 Å². The van der Waals surface area contributed by atoms with E-state index in [4.69, 9.17) is 0 Å². The topological polar surface area (TPSA) is 6.48 Å². The highest BCUT2D eigenvalue weighted by Crippen LogP contribution is 2.14. The Hall–Kier alpha value is 0.270.